The SMILES string of the molecule is CC/C=C(/C)C(=O)NCC(C)CC1(C)OCCO1. The monoisotopic (exact) mass is 255 g/mol. The van der Waals surface area contributed by atoms with Gasteiger partial charge in [0.1, 0.15) is 0 Å². The Labute approximate surface area is 110 Å². The Hall–Kier alpha value is -0.870. The number of hydrogen-bond acceptors (Lipinski definition) is 3. The molecule has 1 unspecified atom stereocenters. The lowest BCUT2D eigenvalue weighted by molar-refractivity contribution is -0.154. The number of carbonyl (C=O) groups is 1. The molecular formula is C14H25NO3. The van der Waals surface area contributed by atoms with Crippen molar-refractivity contribution in [2.45, 2.75) is 46.3 Å². The molecule has 0 aromatic carbocycles. The maximum atomic E-state index is 11.7. The van der Waals surface area contributed by atoms with Gasteiger partial charge in [-0.3, -0.25) is 4.79 Å². The zero-order valence-corrected chi connectivity index (χ0v) is 11.9. The average Bonchev–Trinajstić information content (AvgIpc) is 2.72. The number of carbonyl (C=O) groups excluding carboxylic acids is 1. The summed E-state index contributed by atoms with van der Waals surface area (Å²) >= 11 is 0. The van der Waals surface area contributed by atoms with Gasteiger partial charge in [-0.25, -0.2) is 0 Å². The van der Waals surface area contributed by atoms with Crippen molar-refractivity contribution in [2.24, 2.45) is 5.92 Å². The molecule has 104 valence electrons. The molecule has 1 atom stereocenters. The molecule has 1 aliphatic rings. The molecule has 1 heterocycles. The molecule has 0 bridgehead atoms. The van der Waals surface area contributed by atoms with Crippen LogP contribution in [0.5, 0.6) is 0 Å². The summed E-state index contributed by atoms with van der Waals surface area (Å²) in [6.07, 6.45) is 3.61. The molecule has 0 saturated carbocycles. The lowest BCUT2D eigenvalue weighted by atomic mass is 10.0. The normalized spacial score (nSPS) is 20.8. The van der Waals surface area contributed by atoms with E-state index in [1.165, 1.54) is 0 Å². The molecule has 1 rings (SSSR count). The predicted octanol–water partition coefficient (Wildman–Crippen LogP) is 2.25. The zero-order chi connectivity index (χ0) is 13.6. The summed E-state index contributed by atoms with van der Waals surface area (Å²) in [5.74, 6) is -0.132. The minimum atomic E-state index is -0.474. The Morgan fingerprint density at radius 3 is 2.61 bits per heavy atom. The molecule has 1 saturated heterocycles. The number of nitrogens with one attached hydrogen (secondary N) is 1. The Kier molecular flexibility index (Phi) is 5.82. The second kappa shape index (κ2) is 6.90. The molecule has 1 amide bonds. The van der Waals surface area contributed by atoms with Crippen molar-refractivity contribution in [2.75, 3.05) is 19.8 Å². The first-order valence-corrected chi connectivity index (χ1v) is 6.69. The third-order valence-corrected chi connectivity index (χ3v) is 3.10. The summed E-state index contributed by atoms with van der Waals surface area (Å²) in [6, 6.07) is 0. The lowest BCUT2D eigenvalue weighted by Crippen LogP contribution is -2.34. The van der Waals surface area contributed by atoms with Gasteiger partial charge in [0.2, 0.25) is 5.91 Å². The number of hydrogen-bond donors (Lipinski definition) is 1. The van der Waals surface area contributed by atoms with E-state index >= 15 is 0 Å². The highest BCUT2D eigenvalue weighted by Crippen LogP contribution is 2.26. The molecule has 1 N–H and O–H groups in total. The van der Waals surface area contributed by atoms with E-state index in [1.54, 1.807) is 0 Å². The van der Waals surface area contributed by atoms with Gasteiger partial charge in [-0.2, -0.15) is 0 Å². The van der Waals surface area contributed by atoms with E-state index in [4.69, 9.17) is 9.47 Å². The van der Waals surface area contributed by atoms with Gasteiger partial charge >= 0.3 is 0 Å². The molecule has 0 spiro atoms. The molecule has 1 fully saturated rings. The summed E-state index contributed by atoms with van der Waals surface area (Å²) < 4.78 is 11.1. The van der Waals surface area contributed by atoms with Gasteiger partial charge in [-0.1, -0.05) is 19.9 Å². The van der Waals surface area contributed by atoms with Crippen LogP contribution < -0.4 is 5.32 Å². The minimum Gasteiger partial charge on any atom is -0.352 e. The van der Waals surface area contributed by atoms with Gasteiger partial charge in [0.15, 0.2) is 5.79 Å². The van der Waals surface area contributed by atoms with Gasteiger partial charge in [0.05, 0.1) is 13.2 Å². The van der Waals surface area contributed by atoms with Crippen molar-refractivity contribution in [1.82, 2.24) is 5.32 Å². The lowest BCUT2D eigenvalue weighted by Gasteiger charge is -2.26. The predicted molar refractivity (Wildman–Crippen MR) is 71.1 cm³/mol. The first-order valence-electron chi connectivity index (χ1n) is 6.69. The maximum absolute atomic E-state index is 11.7. The highest BCUT2D eigenvalue weighted by Gasteiger charge is 2.32. The highest BCUT2D eigenvalue weighted by molar-refractivity contribution is 5.92. The van der Waals surface area contributed by atoms with Crippen LogP contribution in [0.2, 0.25) is 0 Å². The van der Waals surface area contributed by atoms with Crippen molar-refractivity contribution < 1.29 is 14.3 Å². The van der Waals surface area contributed by atoms with Crippen molar-refractivity contribution >= 4 is 5.91 Å². The van der Waals surface area contributed by atoms with Crippen molar-refractivity contribution in [3.63, 3.8) is 0 Å². The third kappa shape index (κ3) is 4.78. The smallest absolute Gasteiger partial charge is 0.246 e. The minimum absolute atomic E-state index is 0.0158. The highest BCUT2D eigenvalue weighted by atomic mass is 16.7. The van der Waals surface area contributed by atoms with E-state index in [0.717, 1.165) is 18.4 Å². The average molecular weight is 255 g/mol. The van der Waals surface area contributed by atoms with Crippen LogP contribution in [0.1, 0.15) is 40.5 Å². The van der Waals surface area contributed by atoms with E-state index < -0.39 is 5.79 Å². The van der Waals surface area contributed by atoms with Gasteiger partial charge in [0, 0.05) is 18.5 Å². The Morgan fingerprint density at radius 1 is 1.44 bits per heavy atom. The van der Waals surface area contributed by atoms with E-state index in [2.05, 4.69) is 12.2 Å². The number of amides is 1. The largest absolute Gasteiger partial charge is 0.352 e. The third-order valence-electron chi connectivity index (χ3n) is 3.10. The van der Waals surface area contributed by atoms with Crippen molar-refractivity contribution in [1.29, 1.82) is 0 Å². The van der Waals surface area contributed by atoms with Gasteiger partial charge in [-0.15, -0.1) is 0 Å². The standard InChI is InChI=1S/C14H25NO3/c1-5-6-12(3)13(16)15-10-11(2)9-14(4)17-7-8-18-14/h6,11H,5,7-10H2,1-4H3,(H,15,16)/b12-6-. The fraction of sp³-hybridized carbons (Fsp3) is 0.786. The molecule has 0 aromatic rings. The van der Waals surface area contributed by atoms with Crippen LogP contribution in [-0.2, 0) is 14.3 Å². The Morgan fingerprint density at radius 2 is 2.06 bits per heavy atom. The number of ether oxygens (including phenoxy) is 2. The van der Waals surface area contributed by atoms with Gasteiger partial charge in [0.25, 0.3) is 0 Å². The van der Waals surface area contributed by atoms with Crippen LogP contribution in [-0.4, -0.2) is 31.5 Å². The first kappa shape index (κ1) is 15.2. The second-order valence-corrected chi connectivity index (χ2v) is 5.15. The van der Waals surface area contributed by atoms with Crippen LogP contribution in [0.15, 0.2) is 11.6 Å². The van der Waals surface area contributed by atoms with Crippen LogP contribution in [0.25, 0.3) is 0 Å². The molecule has 4 heteroatoms. The topological polar surface area (TPSA) is 47.6 Å². The van der Waals surface area contributed by atoms with Crippen LogP contribution in [0.3, 0.4) is 0 Å². The summed E-state index contributed by atoms with van der Waals surface area (Å²) in [5, 5.41) is 2.94. The molecular weight excluding hydrogens is 230 g/mol. The van der Waals surface area contributed by atoms with Gasteiger partial charge < -0.3 is 14.8 Å². The number of allylic oxidation sites excluding steroid dienone is 1. The molecule has 4 nitrogen and oxygen atoms in total. The van der Waals surface area contributed by atoms with Crippen LogP contribution in [0.4, 0.5) is 0 Å². The number of rotatable bonds is 6. The van der Waals surface area contributed by atoms with E-state index in [1.807, 2.05) is 26.8 Å². The fourth-order valence-electron chi connectivity index (χ4n) is 2.19. The van der Waals surface area contributed by atoms with E-state index in [-0.39, 0.29) is 5.91 Å². The first-order chi connectivity index (χ1) is 8.47. The summed E-state index contributed by atoms with van der Waals surface area (Å²) in [6.45, 7) is 9.89. The summed E-state index contributed by atoms with van der Waals surface area (Å²) in [5.41, 5.74) is 0.782. The van der Waals surface area contributed by atoms with Crippen LogP contribution in [0, 0.1) is 5.92 Å². The summed E-state index contributed by atoms with van der Waals surface area (Å²) in [4.78, 5) is 11.7. The van der Waals surface area contributed by atoms with E-state index in [0.29, 0.717) is 25.7 Å². The molecule has 1 aliphatic heterocycles. The molecule has 18 heavy (non-hydrogen) atoms. The molecule has 0 aromatic heterocycles. The second-order valence-electron chi connectivity index (χ2n) is 5.15. The fourth-order valence-corrected chi connectivity index (χ4v) is 2.19. The maximum Gasteiger partial charge on any atom is 0.246 e. The quantitative estimate of drug-likeness (QED) is 0.740. The summed E-state index contributed by atoms with van der Waals surface area (Å²) in [7, 11) is 0. The Balaban J connectivity index is 2.30. The zero-order valence-electron chi connectivity index (χ0n) is 11.9. The molecule has 0 radical (unpaired) electrons. The Bertz CT molecular complexity index is 306. The molecule has 0 aliphatic carbocycles. The van der Waals surface area contributed by atoms with Gasteiger partial charge in [-0.05, 0) is 26.2 Å². The van der Waals surface area contributed by atoms with Crippen molar-refractivity contribution in [3.05, 3.63) is 11.6 Å². The van der Waals surface area contributed by atoms with E-state index in [9.17, 15) is 4.79 Å². The van der Waals surface area contributed by atoms with Crippen molar-refractivity contribution in [3.8, 4) is 0 Å². The van der Waals surface area contributed by atoms with Crippen LogP contribution >= 0.6 is 0 Å².